The normalized spacial score (nSPS) is 24.3. The molecule has 1 atom stereocenters. The molecule has 2 N–H and O–H groups in total. The second kappa shape index (κ2) is 7.00. The SMILES string of the molecule is CN=C(/C(=C\N)B1CC(C)(C)C(C)(C)C1)c1ccc2c(c1C)C=CCC2C. The molecule has 1 aliphatic carbocycles. The summed E-state index contributed by atoms with van der Waals surface area (Å²) < 4.78 is 0. The van der Waals surface area contributed by atoms with Crippen LogP contribution in [0.3, 0.4) is 0 Å². The predicted molar refractivity (Wildman–Crippen MR) is 121 cm³/mol. The number of benzene rings is 1. The number of hydrogen-bond acceptors (Lipinski definition) is 2. The second-order valence-electron chi connectivity index (χ2n) is 9.85. The Morgan fingerprint density at radius 1 is 1.19 bits per heavy atom. The Labute approximate surface area is 166 Å². The van der Waals surface area contributed by atoms with Crippen LogP contribution in [0.1, 0.15) is 69.2 Å². The molecule has 1 aliphatic heterocycles. The van der Waals surface area contributed by atoms with Crippen LogP contribution in [0.5, 0.6) is 0 Å². The van der Waals surface area contributed by atoms with Gasteiger partial charge in [-0.15, -0.1) is 0 Å². The van der Waals surface area contributed by atoms with Crippen molar-refractivity contribution in [3.8, 4) is 0 Å². The Balaban J connectivity index is 2.02. The van der Waals surface area contributed by atoms with E-state index in [1.165, 1.54) is 27.7 Å². The lowest BCUT2D eigenvalue weighted by Crippen LogP contribution is -2.24. The minimum atomic E-state index is 0.299. The predicted octanol–water partition coefficient (Wildman–Crippen LogP) is 5.88. The first-order valence-electron chi connectivity index (χ1n) is 10.3. The van der Waals surface area contributed by atoms with E-state index in [1.807, 2.05) is 13.2 Å². The molecule has 27 heavy (non-hydrogen) atoms. The number of nitrogens with zero attached hydrogens (tertiary/aromatic N) is 1. The third kappa shape index (κ3) is 3.30. The molecule has 2 nitrogen and oxygen atoms in total. The number of aliphatic imine (C=N–C) groups is 1. The largest absolute Gasteiger partial charge is 0.405 e. The van der Waals surface area contributed by atoms with E-state index in [-0.39, 0.29) is 0 Å². The number of fused-ring (bicyclic) bond motifs is 1. The summed E-state index contributed by atoms with van der Waals surface area (Å²) in [6.07, 6.45) is 9.85. The topological polar surface area (TPSA) is 38.4 Å². The summed E-state index contributed by atoms with van der Waals surface area (Å²) in [5.41, 5.74) is 14.5. The summed E-state index contributed by atoms with van der Waals surface area (Å²) >= 11 is 0. The van der Waals surface area contributed by atoms with Crippen molar-refractivity contribution in [2.75, 3.05) is 7.05 Å². The second-order valence-corrected chi connectivity index (χ2v) is 9.85. The molecule has 3 heteroatoms. The molecule has 0 saturated carbocycles. The molecule has 1 saturated heterocycles. The number of hydrogen-bond donors (Lipinski definition) is 1. The summed E-state index contributed by atoms with van der Waals surface area (Å²) in [5.74, 6) is 0.584. The molecule has 1 aromatic rings. The van der Waals surface area contributed by atoms with Gasteiger partial charge in [-0.3, -0.25) is 4.99 Å². The standard InChI is InChI=1S/C24H35BN2/c1-16-9-8-10-19-17(2)20(12-11-18(16)19)22(27-7)21(13-26)25-14-23(3,4)24(5,6)15-25/h8,10-13,16H,9,14-15,26H2,1-7H3/b21-13+,27-22?. The minimum absolute atomic E-state index is 0.299. The molecule has 0 radical (unpaired) electrons. The number of nitrogens with two attached hydrogens (primary N) is 1. The molecule has 1 aromatic carbocycles. The number of allylic oxidation sites excluding steroid dienone is 2. The van der Waals surface area contributed by atoms with Crippen LogP contribution in [-0.4, -0.2) is 19.5 Å². The highest BCUT2D eigenvalue weighted by atomic mass is 14.7. The molecule has 1 heterocycles. The van der Waals surface area contributed by atoms with Crippen molar-refractivity contribution in [3.05, 3.63) is 52.1 Å². The van der Waals surface area contributed by atoms with Crippen molar-refractivity contribution < 1.29 is 0 Å². The van der Waals surface area contributed by atoms with Gasteiger partial charge in [0, 0.05) is 12.6 Å². The lowest BCUT2D eigenvalue weighted by atomic mass is 9.40. The van der Waals surface area contributed by atoms with Crippen LogP contribution in [0, 0.1) is 17.8 Å². The van der Waals surface area contributed by atoms with E-state index in [1.54, 1.807) is 0 Å². The molecule has 0 aromatic heterocycles. The third-order valence-corrected chi connectivity index (χ3v) is 7.57. The summed E-state index contributed by atoms with van der Waals surface area (Å²) in [6.45, 7) is 14.6. The maximum Gasteiger partial charge on any atom is 0.181 e. The molecule has 1 unspecified atom stereocenters. The van der Waals surface area contributed by atoms with Gasteiger partial charge < -0.3 is 5.73 Å². The van der Waals surface area contributed by atoms with Gasteiger partial charge in [0.1, 0.15) is 0 Å². The van der Waals surface area contributed by atoms with E-state index >= 15 is 0 Å². The van der Waals surface area contributed by atoms with Crippen LogP contribution in [-0.2, 0) is 0 Å². The highest BCUT2D eigenvalue weighted by molar-refractivity contribution is 6.74. The molecule has 1 fully saturated rings. The Bertz CT molecular complexity index is 811. The number of rotatable bonds is 3. The fraction of sp³-hybridized carbons (Fsp3) is 0.542. The zero-order valence-electron chi connectivity index (χ0n) is 18.2. The summed E-state index contributed by atoms with van der Waals surface area (Å²) in [5, 5.41) is 0. The van der Waals surface area contributed by atoms with Gasteiger partial charge in [-0.25, -0.2) is 0 Å². The first kappa shape index (κ1) is 20.0. The van der Waals surface area contributed by atoms with Crippen molar-refractivity contribution in [2.24, 2.45) is 21.6 Å². The summed E-state index contributed by atoms with van der Waals surface area (Å²) in [4.78, 5) is 4.74. The maximum absolute atomic E-state index is 6.20. The van der Waals surface area contributed by atoms with E-state index in [4.69, 9.17) is 10.7 Å². The third-order valence-electron chi connectivity index (χ3n) is 7.57. The zero-order valence-corrected chi connectivity index (χ0v) is 18.2. The molecule has 2 aliphatic rings. The monoisotopic (exact) mass is 362 g/mol. The first-order valence-corrected chi connectivity index (χ1v) is 10.3. The summed E-state index contributed by atoms with van der Waals surface area (Å²) in [6, 6.07) is 4.56. The average Bonchev–Trinajstić information content (AvgIpc) is 2.81. The molecule has 0 spiro atoms. The van der Waals surface area contributed by atoms with Crippen molar-refractivity contribution in [1.29, 1.82) is 0 Å². The fourth-order valence-corrected chi connectivity index (χ4v) is 5.06. The van der Waals surface area contributed by atoms with Crippen LogP contribution in [0.4, 0.5) is 0 Å². The Kier molecular flexibility index (Phi) is 5.18. The Hall–Kier alpha value is -1.77. The van der Waals surface area contributed by atoms with Crippen LogP contribution in [0.15, 0.2) is 34.9 Å². The molecule has 144 valence electrons. The van der Waals surface area contributed by atoms with Gasteiger partial charge in [0.2, 0.25) is 0 Å². The zero-order chi connectivity index (χ0) is 20.0. The van der Waals surface area contributed by atoms with E-state index < -0.39 is 0 Å². The fourth-order valence-electron chi connectivity index (χ4n) is 5.06. The van der Waals surface area contributed by atoms with Crippen molar-refractivity contribution in [1.82, 2.24) is 0 Å². The van der Waals surface area contributed by atoms with Gasteiger partial charge in [0.15, 0.2) is 6.71 Å². The highest BCUT2D eigenvalue weighted by Crippen LogP contribution is 2.54. The van der Waals surface area contributed by atoms with Crippen molar-refractivity contribution in [2.45, 2.75) is 66.5 Å². The van der Waals surface area contributed by atoms with E-state index in [0.717, 1.165) is 24.8 Å². The lowest BCUT2D eigenvalue weighted by Gasteiger charge is -2.35. The van der Waals surface area contributed by atoms with E-state index in [2.05, 4.69) is 65.8 Å². The van der Waals surface area contributed by atoms with Gasteiger partial charge >= 0.3 is 0 Å². The molecule has 3 rings (SSSR count). The van der Waals surface area contributed by atoms with Crippen molar-refractivity contribution >= 4 is 18.5 Å². The Morgan fingerprint density at radius 2 is 1.81 bits per heavy atom. The average molecular weight is 362 g/mol. The van der Waals surface area contributed by atoms with Crippen LogP contribution >= 0.6 is 0 Å². The van der Waals surface area contributed by atoms with Gasteiger partial charge in [-0.2, -0.15) is 0 Å². The van der Waals surface area contributed by atoms with Crippen LogP contribution in [0.2, 0.25) is 12.6 Å². The Morgan fingerprint density at radius 3 is 2.37 bits per heavy atom. The minimum Gasteiger partial charge on any atom is -0.405 e. The lowest BCUT2D eigenvalue weighted by molar-refractivity contribution is 0.177. The van der Waals surface area contributed by atoms with Gasteiger partial charge in [0.05, 0.1) is 5.71 Å². The summed E-state index contributed by atoms with van der Waals surface area (Å²) in [7, 11) is 1.90. The van der Waals surface area contributed by atoms with Crippen molar-refractivity contribution in [3.63, 3.8) is 0 Å². The van der Waals surface area contributed by atoms with Crippen LogP contribution in [0.25, 0.3) is 6.08 Å². The smallest absolute Gasteiger partial charge is 0.181 e. The van der Waals surface area contributed by atoms with E-state index in [9.17, 15) is 0 Å². The maximum atomic E-state index is 6.20. The van der Waals surface area contributed by atoms with Gasteiger partial charge in [-0.05, 0) is 58.5 Å². The van der Waals surface area contributed by atoms with E-state index in [0.29, 0.717) is 23.5 Å². The first-order chi connectivity index (χ1) is 12.6. The molecular weight excluding hydrogens is 327 g/mol. The highest BCUT2D eigenvalue weighted by Gasteiger charge is 2.49. The molecule has 0 bridgehead atoms. The molecule has 0 amide bonds. The van der Waals surface area contributed by atoms with Gasteiger partial charge in [-0.1, -0.05) is 71.5 Å². The quantitative estimate of drug-likeness (QED) is 0.529. The molecular formula is C24H35BN2. The van der Waals surface area contributed by atoms with Crippen LogP contribution < -0.4 is 5.73 Å². The van der Waals surface area contributed by atoms with Gasteiger partial charge in [0.25, 0.3) is 0 Å².